The van der Waals surface area contributed by atoms with Crippen molar-refractivity contribution in [3.63, 3.8) is 0 Å². The Hall–Kier alpha value is -2.76. The molecule has 0 saturated carbocycles. The van der Waals surface area contributed by atoms with E-state index in [4.69, 9.17) is 14.2 Å². The maximum Gasteiger partial charge on any atom is 0.355 e. The Morgan fingerprint density at radius 2 is 1.87 bits per heavy atom. The van der Waals surface area contributed by atoms with Gasteiger partial charge < -0.3 is 18.8 Å². The number of esters is 1. The Morgan fingerprint density at radius 3 is 2.43 bits per heavy atom. The van der Waals surface area contributed by atoms with Crippen LogP contribution in [0, 0.1) is 0 Å². The van der Waals surface area contributed by atoms with E-state index < -0.39 is 5.97 Å². The van der Waals surface area contributed by atoms with Crippen LogP contribution in [-0.4, -0.2) is 30.5 Å². The van der Waals surface area contributed by atoms with Crippen LogP contribution < -0.4 is 9.47 Å². The third-order valence-corrected chi connectivity index (χ3v) is 3.47. The Kier molecular flexibility index (Phi) is 5.05. The van der Waals surface area contributed by atoms with Crippen molar-refractivity contribution in [2.24, 2.45) is 7.05 Å². The van der Waals surface area contributed by atoms with Crippen molar-refractivity contribution in [2.45, 2.75) is 13.5 Å². The van der Waals surface area contributed by atoms with Crippen molar-refractivity contribution >= 4 is 11.8 Å². The molecule has 1 aromatic carbocycles. The SMILES string of the molecule is COc1ccc(OC)c(COC(=O)c2cc(C(C)=O)cn2C)c1. The molecule has 0 fully saturated rings. The van der Waals surface area contributed by atoms with E-state index in [0.717, 1.165) is 0 Å². The van der Waals surface area contributed by atoms with Crippen molar-refractivity contribution in [1.82, 2.24) is 4.57 Å². The second-order valence-corrected chi connectivity index (χ2v) is 5.04. The molecule has 0 unspecified atom stereocenters. The number of hydrogen-bond acceptors (Lipinski definition) is 5. The van der Waals surface area contributed by atoms with E-state index in [0.29, 0.717) is 28.3 Å². The second kappa shape index (κ2) is 7.00. The lowest BCUT2D eigenvalue weighted by Crippen LogP contribution is -2.10. The van der Waals surface area contributed by atoms with E-state index in [9.17, 15) is 9.59 Å². The molecule has 0 amide bonds. The molecule has 0 spiro atoms. The fraction of sp³-hybridized carbons (Fsp3) is 0.294. The first-order valence-corrected chi connectivity index (χ1v) is 7.01. The lowest BCUT2D eigenvalue weighted by Gasteiger charge is -2.11. The fourth-order valence-electron chi connectivity index (χ4n) is 2.17. The van der Waals surface area contributed by atoms with Crippen molar-refractivity contribution in [3.05, 3.63) is 47.3 Å². The highest BCUT2D eigenvalue weighted by atomic mass is 16.5. The van der Waals surface area contributed by atoms with E-state index in [1.165, 1.54) is 13.0 Å². The molecule has 6 nitrogen and oxygen atoms in total. The highest BCUT2D eigenvalue weighted by molar-refractivity contribution is 5.97. The third kappa shape index (κ3) is 3.71. The lowest BCUT2D eigenvalue weighted by atomic mass is 10.2. The van der Waals surface area contributed by atoms with Crippen molar-refractivity contribution < 1.29 is 23.8 Å². The summed E-state index contributed by atoms with van der Waals surface area (Å²) in [5.74, 6) is 0.642. The molecular formula is C17H19NO5. The minimum absolute atomic E-state index is 0.0415. The number of methoxy groups -OCH3 is 2. The molecule has 0 radical (unpaired) electrons. The molecule has 2 rings (SSSR count). The summed E-state index contributed by atoms with van der Waals surface area (Å²) in [4.78, 5) is 23.6. The molecule has 0 saturated heterocycles. The highest BCUT2D eigenvalue weighted by Crippen LogP contribution is 2.25. The zero-order valence-electron chi connectivity index (χ0n) is 13.6. The molecule has 0 aliphatic heterocycles. The summed E-state index contributed by atoms with van der Waals surface area (Å²) in [7, 11) is 4.80. The van der Waals surface area contributed by atoms with Crippen LogP contribution in [0.15, 0.2) is 30.5 Å². The van der Waals surface area contributed by atoms with Crippen LogP contribution in [0.2, 0.25) is 0 Å². The summed E-state index contributed by atoms with van der Waals surface area (Å²) in [5, 5.41) is 0. The number of Topliss-reactive ketones (excluding diaryl/α,β-unsaturated/α-hetero) is 1. The van der Waals surface area contributed by atoms with Crippen molar-refractivity contribution in [1.29, 1.82) is 0 Å². The van der Waals surface area contributed by atoms with Crippen LogP contribution in [0.5, 0.6) is 11.5 Å². The first-order valence-electron chi connectivity index (χ1n) is 7.01. The van der Waals surface area contributed by atoms with Crippen LogP contribution >= 0.6 is 0 Å². The Bertz CT molecular complexity index is 733. The molecule has 0 aliphatic rings. The number of rotatable bonds is 6. The normalized spacial score (nSPS) is 10.3. The molecule has 23 heavy (non-hydrogen) atoms. The van der Waals surface area contributed by atoms with E-state index in [-0.39, 0.29) is 12.4 Å². The molecule has 1 heterocycles. The van der Waals surface area contributed by atoms with Gasteiger partial charge in [-0.25, -0.2) is 4.79 Å². The number of carbonyl (C=O) groups is 2. The summed E-state index contributed by atoms with van der Waals surface area (Å²) < 4.78 is 17.3. The zero-order chi connectivity index (χ0) is 17.0. The number of ketones is 1. The standard InChI is InChI=1S/C17H19NO5/c1-11(19)12-8-15(18(2)9-12)17(20)23-10-13-7-14(21-3)5-6-16(13)22-4/h5-9H,10H2,1-4H3. The van der Waals surface area contributed by atoms with Crippen LogP contribution in [0.4, 0.5) is 0 Å². The Morgan fingerprint density at radius 1 is 1.13 bits per heavy atom. The minimum atomic E-state index is -0.509. The second-order valence-electron chi connectivity index (χ2n) is 5.04. The minimum Gasteiger partial charge on any atom is -0.497 e. The summed E-state index contributed by atoms with van der Waals surface area (Å²) in [6.07, 6.45) is 1.60. The number of hydrogen-bond donors (Lipinski definition) is 0. The lowest BCUT2D eigenvalue weighted by molar-refractivity contribution is 0.0458. The van der Waals surface area contributed by atoms with Gasteiger partial charge in [0.05, 0.1) is 14.2 Å². The molecule has 0 bridgehead atoms. The fourth-order valence-corrected chi connectivity index (χ4v) is 2.17. The largest absolute Gasteiger partial charge is 0.497 e. The number of aryl methyl sites for hydroxylation is 1. The number of carbonyl (C=O) groups excluding carboxylic acids is 2. The van der Waals surface area contributed by atoms with E-state index in [1.54, 1.807) is 50.2 Å². The summed E-state index contributed by atoms with van der Waals surface area (Å²) in [6, 6.07) is 6.78. The molecular weight excluding hydrogens is 298 g/mol. The van der Waals surface area contributed by atoms with E-state index >= 15 is 0 Å². The summed E-state index contributed by atoms with van der Waals surface area (Å²) in [5.41, 5.74) is 1.48. The molecule has 2 aromatic rings. The van der Waals surface area contributed by atoms with Crippen molar-refractivity contribution in [2.75, 3.05) is 14.2 Å². The first kappa shape index (κ1) is 16.6. The van der Waals surface area contributed by atoms with Gasteiger partial charge in [0.1, 0.15) is 23.8 Å². The number of benzene rings is 1. The summed E-state index contributed by atoms with van der Waals surface area (Å²) in [6.45, 7) is 1.49. The topological polar surface area (TPSA) is 66.8 Å². The highest BCUT2D eigenvalue weighted by Gasteiger charge is 2.16. The maximum atomic E-state index is 12.2. The Balaban J connectivity index is 2.14. The van der Waals surface area contributed by atoms with Crippen molar-refractivity contribution in [3.8, 4) is 11.5 Å². The third-order valence-electron chi connectivity index (χ3n) is 3.47. The average Bonchev–Trinajstić information content (AvgIpc) is 2.94. The Labute approximate surface area is 134 Å². The van der Waals surface area contributed by atoms with Gasteiger partial charge in [-0.3, -0.25) is 4.79 Å². The van der Waals surface area contributed by atoms with Crippen LogP contribution in [0.1, 0.15) is 33.3 Å². The van der Waals surface area contributed by atoms with Gasteiger partial charge in [0.15, 0.2) is 5.78 Å². The maximum absolute atomic E-state index is 12.2. The molecule has 1 aromatic heterocycles. The number of aromatic nitrogens is 1. The molecule has 122 valence electrons. The van der Waals surface area contributed by atoms with E-state index in [2.05, 4.69) is 0 Å². The molecule has 0 N–H and O–H groups in total. The average molecular weight is 317 g/mol. The first-order chi connectivity index (χ1) is 11.0. The van der Waals surface area contributed by atoms with Gasteiger partial charge in [-0.15, -0.1) is 0 Å². The van der Waals surface area contributed by atoms with Gasteiger partial charge in [0.2, 0.25) is 0 Å². The predicted octanol–water partition coefficient (Wildman–Crippen LogP) is 2.60. The van der Waals surface area contributed by atoms with Gasteiger partial charge in [0, 0.05) is 24.4 Å². The van der Waals surface area contributed by atoms with Gasteiger partial charge in [-0.2, -0.15) is 0 Å². The zero-order valence-corrected chi connectivity index (χ0v) is 13.6. The van der Waals surface area contributed by atoms with Gasteiger partial charge in [0.25, 0.3) is 0 Å². The molecule has 6 heteroatoms. The predicted molar refractivity (Wildman–Crippen MR) is 84.1 cm³/mol. The number of nitrogens with zero attached hydrogens (tertiary/aromatic N) is 1. The van der Waals surface area contributed by atoms with Crippen LogP contribution in [0.3, 0.4) is 0 Å². The summed E-state index contributed by atoms with van der Waals surface area (Å²) >= 11 is 0. The van der Waals surface area contributed by atoms with Gasteiger partial charge in [-0.1, -0.05) is 0 Å². The smallest absolute Gasteiger partial charge is 0.355 e. The number of ether oxygens (including phenoxy) is 3. The van der Waals surface area contributed by atoms with Gasteiger partial charge in [-0.05, 0) is 31.2 Å². The monoisotopic (exact) mass is 317 g/mol. The quantitative estimate of drug-likeness (QED) is 0.605. The van der Waals surface area contributed by atoms with Crippen LogP contribution in [-0.2, 0) is 18.4 Å². The van der Waals surface area contributed by atoms with Crippen LogP contribution in [0.25, 0.3) is 0 Å². The van der Waals surface area contributed by atoms with E-state index in [1.807, 2.05) is 0 Å². The van der Waals surface area contributed by atoms with Gasteiger partial charge >= 0.3 is 5.97 Å². The molecule has 0 aliphatic carbocycles. The molecule has 0 atom stereocenters.